The molecule has 3 saturated carbocycles. The van der Waals surface area contributed by atoms with E-state index in [0.717, 1.165) is 5.57 Å². The molecule has 0 aromatic heterocycles. The zero-order valence-electron chi connectivity index (χ0n) is 42.4. The molecule has 1 saturated heterocycles. The molecule has 1 aromatic rings. The number of benzene rings is 1. The summed E-state index contributed by atoms with van der Waals surface area (Å²) in [6, 6.07) is 6.87. The second-order valence-corrected chi connectivity index (χ2v) is 27.8. The third-order valence-corrected chi connectivity index (χ3v) is 19.7. The van der Waals surface area contributed by atoms with Gasteiger partial charge in [0.1, 0.15) is 29.5 Å². The quantitative estimate of drug-likeness (QED) is 0.0845. The average Bonchev–Trinajstić information content (AvgIpc) is 4.06. The van der Waals surface area contributed by atoms with E-state index in [1.807, 2.05) is 33.9 Å². The average molecular weight is 968 g/mol. The molecule has 17 heteroatoms. The van der Waals surface area contributed by atoms with Crippen molar-refractivity contribution in [3.63, 3.8) is 0 Å². The van der Waals surface area contributed by atoms with Crippen LogP contribution < -0.4 is 5.32 Å². The van der Waals surface area contributed by atoms with Crippen molar-refractivity contribution >= 4 is 44.1 Å². The van der Waals surface area contributed by atoms with Crippen LogP contribution in [0, 0.1) is 22.7 Å². The van der Waals surface area contributed by atoms with Gasteiger partial charge in [-0.2, -0.15) is 0 Å². The third kappa shape index (κ3) is 9.71. The van der Waals surface area contributed by atoms with Crippen LogP contribution >= 0.6 is 0 Å². The Bertz CT molecular complexity index is 2230. The molecule has 4 fully saturated rings. The Labute approximate surface area is 401 Å². The molecule has 1 amide bonds. The van der Waals surface area contributed by atoms with Crippen LogP contribution in [-0.2, 0) is 52.0 Å². The molecule has 1 heterocycles. The van der Waals surface area contributed by atoms with E-state index in [1.165, 1.54) is 26.0 Å². The van der Waals surface area contributed by atoms with Gasteiger partial charge in [-0.05, 0) is 103 Å². The van der Waals surface area contributed by atoms with E-state index >= 15 is 9.59 Å². The highest BCUT2D eigenvalue weighted by Crippen LogP contribution is 2.64. The van der Waals surface area contributed by atoms with E-state index in [-0.39, 0.29) is 29.7 Å². The predicted molar refractivity (Wildman–Crippen MR) is 250 cm³/mol. The molecule has 1 aliphatic heterocycles. The molecule has 16 nitrogen and oxygen atoms in total. The number of ether oxygens (including phenoxy) is 6. The summed E-state index contributed by atoms with van der Waals surface area (Å²) in [6.07, 6.45) is -7.77. The third-order valence-electron chi connectivity index (χ3n) is 15.3. The molecule has 3 N–H and O–H groups in total. The molecule has 0 radical (unpaired) electrons. The Morgan fingerprint density at radius 3 is 2.07 bits per heavy atom. The lowest BCUT2D eigenvalue weighted by molar-refractivity contribution is -0.346. The minimum atomic E-state index is -2.89. The van der Waals surface area contributed by atoms with E-state index in [4.69, 9.17) is 32.8 Å². The fourth-order valence-corrected chi connectivity index (χ4v) is 11.6. The molecule has 2 bridgehead atoms. The summed E-state index contributed by atoms with van der Waals surface area (Å²) in [7, 11) is -2.89. The molecule has 6 rings (SSSR count). The Morgan fingerprint density at radius 2 is 1.56 bits per heavy atom. The van der Waals surface area contributed by atoms with Gasteiger partial charge in [0.2, 0.25) is 0 Å². The first kappa shape index (κ1) is 52.9. The second kappa shape index (κ2) is 18.4. The molecule has 0 unspecified atom stereocenters. The van der Waals surface area contributed by atoms with E-state index in [2.05, 4.69) is 5.32 Å². The maximum Gasteiger partial charge on any atom is 0.408 e. The topological polar surface area (TPSA) is 220 Å². The van der Waals surface area contributed by atoms with Crippen molar-refractivity contribution in [2.45, 2.75) is 193 Å². The highest BCUT2D eigenvalue weighted by Gasteiger charge is 2.78. The molecule has 1 aromatic carbocycles. The van der Waals surface area contributed by atoms with Crippen LogP contribution in [0.2, 0.25) is 18.1 Å². The molecule has 4 aliphatic carbocycles. The largest absolute Gasteiger partial charge is 0.456 e. The molecule has 11 atom stereocenters. The van der Waals surface area contributed by atoms with Crippen LogP contribution in [0.1, 0.15) is 126 Å². The van der Waals surface area contributed by atoms with Gasteiger partial charge in [0.15, 0.2) is 31.9 Å². The van der Waals surface area contributed by atoms with Gasteiger partial charge in [0.25, 0.3) is 0 Å². The van der Waals surface area contributed by atoms with Crippen molar-refractivity contribution in [3.05, 3.63) is 58.7 Å². The first-order chi connectivity index (χ1) is 31.2. The number of ketones is 1. The molecule has 376 valence electrons. The fraction of sp³-hybridized carbons (Fsp3) is 0.686. The number of amides is 1. The Hall–Kier alpha value is -4.42. The summed E-state index contributed by atoms with van der Waals surface area (Å²) in [4.78, 5) is 86.2. The number of hydrogen-bond donors (Lipinski definition) is 3. The highest BCUT2D eigenvalue weighted by atomic mass is 28.4. The lowest BCUT2D eigenvalue weighted by Crippen LogP contribution is -2.82. The van der Waals surface area contributed by atoms with Gasteiger partial charge in [-0.1, -0.05) is 64.5 Å². The number of allylic oxidation sites excluding steroid dienone is 1. The number of carbonyl (C=O) groups excluding carboxylic acids is 6. The number of nitrogens with one attached hydrogen (secondary N) is 1. The number of aliphatic hydroxyl groups is 2. The van der Waals surface area contributed by atoms with Gasteiger partial charge in [-0.25, -0.2) is 14.4 Å². The number of alkyl carbamates (subject to hydrolysis) is 1. The molecular weight excluding hydrogens is 895 g/mol. The van der Waals surface area contributed by atoms with Gasteiger partial charge >= 0.3 is 30.0 Å². The SMILES string of the molecule is CC(=O)O[C@@]12CO[C@@H]1C[C@H](O)[C@@]1(C)C(=O)[C@H](OC(=O)C3CC3)C3=C(C)[C@@H](OC(=O)[C@H](O[Si](C)(C)C(C)(C)C)[C@H](C=C(C)C)NC(=O)OC(C)(C)C)C[C@@](O)([C@@H](OC(=O)c4ccccc4)[C@H]21)C3(C)C. The zero-order chi connectivity index (χ0) is 50.9. The number of rotatable bonds is 12. The molecule has 68 heavy (non-hydrogen) atoms. The molecular formula is C51H73NO15Si. The van der Waals surface area contributed by atoms with Crippen LogP contribution in [-0.4, -0.2) is 120 Å². The highest BCUT2D eigenvalue weighted by molar-refractivity contribution is 6.74. The van der Waals surface area contributed by atoms with Gasteiger partial charge in [0, 0.05) is 25.2 Å². The summed E-state index contributed by atoms with van der Waals surface area (Å²) in [5, 5.41) is 28.7. The van der Waals surface area contributed by atoms with E-state index in [0.29, 0.717) is 12.8 Å². The monoisotopic (exact) mass is 967 g/mol. The van der Waals surface area contributed by atoms with Crippen LogP contribution in [0.25, 0.3) is 0 Å². The molecule has 5 aliphatic rings. The Morgan fingerprint density at radius 1 is 0.941 bits per heavy atom. The van der Waals surface area contributed by atoms with Crippen molar-refractivity contribution in [3.8, 4) is 0 Å². The van der Waals surface area contributed by atoms with E-state index in [9.17, 15) is 29.4 Å². The number of esters is 4. The van der Waals surface area contributed by atoms with Crippen LogP contribution in [0.3, 0.4) is 0 Å². The number of carbonyl (C=O) groups is 6. The summed E-state index contributed by atoms with van der Waals surface area (Å²) >= 11 is 0. The van der Waals surface area contributed by atoms with Crippen molar-refractivity contribution in [1.29, 1.82) is 0 Å². The van der Waals surface area contributed by atoms with Gasteiger partial charge in [-0.3, -0.25) is 14.4 Å². The smallest absolute Gasteiger partial charge is 0.408 e. The lowest BCUT2D eigenvalue weighted by atomic mass is 9.44. The van der Waals surface area contributed by atoms with Crippen molar-refractivity contribution in [1.82, 2.24) is 5.32 Å². The van der Waals surface area contributed by atoms with Crippen molar-refractivity contribution in [2.24, 2.45) is 22.7 Å². The van der Waals surface area contributed by atoms with Crippen LogP contribution in [0.15, 0.2) is 53.1 Å². The second-order valence-electron chi connectivity index (χ2n) is 23.0. The number of aliphatic hydroxyl groups excluding tert-OH is 1. The predicted octanol–water partition coefficient (Wildman–Crippen LogP) is 6.84. The first-order valence-electron chi connectivity index (χ1n) is 23.7. The normalized spacial score (nSPS) is 32.0. The summed E-state index contributed by atoms with van der Waals surface area (Å²) < 4.78 is 44.0. The number of fused-ring (bicyclic) bond motifs is 5. The summed E-state index contributed by atoms with van der Waals surface area (Å²) in [6.45, 7) is 25.8. The van der Waals surface area contributed by atoms with Crippen LogP contribution in [0.4, 0.5) is 4.79 Å². The Balaban J connectivity index is 1.60. The van der Waals surface area contributed by atoms with Gasteiger partial charge in [-0.15, -0.1) is 0 Å². The maximum atomic E-state index is 15.9. The first-order valence-corrected chi connectivity index (χ1v) is 26.6. The fourth-order valence-electron chi connectivity index (χ4n) is 10.4. The minimum Gasteiger partial charge on any atom is -0.456 e. The van der Waals surface area contributed by atoms with Crippen LogP contribution in [0.5, 0.6) is 0 Å². The van der Waals surface area contributed by atoms with E-state index < -0.39 is 138 Å². The van der Waals surface area contributed by atoms with Gasteiger partial charge < -0.3 is 48.4 Å². The van der Waals surface area contributed by atoms with Crippen molar-refractivity contribution in [2.75, 3.05) is 6.61 Å². The standard InChI is InChI=1S/C51H73NO15Si/c1-27(2)23-32(52-45(59)66-46(5,6)7)37(67-68(14,15)47(8,9)10)44(58)62-33-25-51(60)41(64-43(57)30-19-17-16-18-20-30)39-49(13,34(54)24-35-50(39,26-61-35)65-29(4)53)40(55)38(63-42(56)31-21-22-31)36(28(33)3)48(51,11)12/h16-20,23,31-35,37-39,41,54,60H,21-22,24-26H2,1-15H3,(H,52,59)/t32-,33-,34-,35+,37+,38+,39-,41-,49+,50-,51+/m0/s1. The molecule has 0 spiro atoms. The number of hydrogen-bond acceptors (Lipinski definition) is 15. The van der Waals surface area contributed by atoms with Gasteiger partial charge in [0.05, 0.1) is 41.6 Å². The zero-order valence-corrected chi connectivity index (χ0v) is 43.4. The maximum absolute atomic E-state index is 15.9. The summed E-state index contributed by atoms with van der Waals surface area (Å²) in [5.74, 6) is -6.07. The van der Waals surface area contributed by atoms with E-state index in [1.54, 1.807) is 79.7 Å². The minimum absolute atomic E-state index is 0.0822. The van der Waals surface area contributed by atoms with Crippen molar-refractivity contribution < 1.29 is 71.8 Å². The number of Topliss-reactive ketones (excluding diaryl/α,β-unsaturated/α-hetero) is 1. The lowest BCUT2D eigenvalue weighted by Gasteiger charge is -2.67. The summed E-state index contributed by atoms with van der Waals surface area (Å²) in [5.41, 5.74) is -7.50. The Kier molecular flexibility index (Phi) is 14.3.